The first kappa shape index (κ1) is 28.6. The molecule has 0 heterocycles. The number of esters is 2. The number of Topliss-reactive ketones (excluding diaryl/α,β-unsaturated/α-hetero) is 1. The zero-order valence-electron chi connectivity index (χ0n) is 19.8. The molecule has 0 spiro atoms. The molecule has 0 amide bonds. The van der Waals surface area contributed by atoms with Crippen LogP contribution < -0.4 is 0 Å². The zero-order valence-corrected chi connectivity index (χ0v) is 19.8. The molecule has 0 aromatic rings. The van der Waals surface area contributed by atoms with Crippen LogP contribution >= 0.6 is 0 Å². The Kier molecular flexibility index (Phi) is 19.9. The van der Waals surface area contributed by atoms with Gasteiger partial charge >= 0.3 is 11.9 Å². The monoisotopic (exact) mass is 426 g/mol. The Morgan fingerprint density at radius 2 is 1.07 bits per heavy atom. The smallest absolute Gasteiger partial charge is 0.306 e. The molecule has 0 aliphatic heterocycles. The highest BCUT2D eigenvalue weighted by Crippen LogP contribution is 2.11. The molecular formula is C25H46O5. The number of rotatable bonds is 21. The summed E-state index contributed by atoms with van der Waals surface area (Å²) in [4.78, 5) is 34.3. The van der Waals surface area contributed by atoms with Crippen molar-refractivity contribution in [3.63, 3.8) is 0 Å². The second kappa shape index (κ2) is 20.9. The van der Waals surface area contributed by atoms with E-state index in [0.29, 0.717) is 19.4 Å². The Bertz CT molecular complexity index is 447. The standard InChI is InChI=1S/C25H46O5/c1-4-5-6-7-8-9-12-15-18-21-29-24(27)19-16-13-10-11-14-17-20-25(28)30-23(3)22(2)26/h23H,4-21H2,1-3H3. The van der Waals surface area contributed by atoms with Crippen molar-refractivity contribution in [3.8, 4) is 0 Å². The van der Waals surface area contributed by atoms with Crippen LogP contribution in [0, 0.1) is 0 Å². The normalized spacial score (nSPS) is 11.8. The number of carbonyl (C=O) groups excluding carboxylic acids is 3. The van der Waals surface area contributed by atoms with Gasteiger partial charge < -0.3 is 9.47 Å². The number of hydrogen-bond donors (Lipinski definition) is 0. The lowest BCUT2D eigenvalue weighted by molar-refractivity contribution is -0.153. The van der Waals surface area contributed by atoms with Gasteiger partial charge in [0.05, 0.1) is 6.61 Å². The Balaban J connectivity index is 3.32. The van der Waals surface area contributed by atoms with E-state index in [1.165, 1.54) is 51.9 Å². The molecule has 30 heavy (non-hydrogen) atoms. The average molecular weight is 427 g/mol. The van der Waals surface area contributed by atoms with Gasteiger partial charge in [0.15, 0.2) is 11.9 Å². The minimum absolute atomic E-state index is 0.0723. The van der Waals surface area contributed by atoms with Gasteiger partial charge in [0.25, 0.3) is 0 Å². The first-order chi connectivity index (χ1) is 14.5. The molecule has 0 saturated heterocycles. The summed E-state index contributed by atoms with van der Waals surface area (Å²) in [5, 5.41) is 0. The maximum Gasteiger partial charge on any atom is 0.306 e. The molecule has 0 fully saturated rings. The van der Waals surface area contributed by atoms with Gasteiger partial charge in [0, 0.05) is 12.8 Å². The predicted molar refractivity (Wildman–Crippen MR) is 121 cm³/mol. The van der Waals surface area contributed by atoms with Gasteiger partial charge in [-0.1, -0.05) is 84.0 Å². The minimum Gasteiger partial charge on any atom is -0.466 e. The van der Waals surface area contributed by atoms with E-state index in [2.05, 4.69) is 6.92 Å². The fourth-order valence-corrected chi connectivity index (χ4v) is 3.26. The molecule has 1 atom stereocenters. The van der Waals surface area contributed by atoms with E-state index in [1.54, 1.807) is 6.92 Å². The van der Waals surface area contributed by atoms with Crippen molar-refractivity contribution in [1.82, 2.24) is 0 Å². The summed E-state index contributed by atoms with van der Waals surface area (Å²) in [5.74, 6) is -0.501. The molecular weight excluding hydrogens is 380 g/mol. The van der Waals surface area contributed by atoms with Crippen molar-refractivity contribution in [2.45, 2.75) is 136 Å². The molecule has 176 valence electrons. The van der Waals surface area contributed by atoms with E-state index in [-0.39, 0.29) is 17.7 Å². The molecule has 5 nitrogen and oxygen atoms in total. The van der Waals surface area contributed by atoms with Crippen LogP contribution in [0.15, 0.2) is 0 Å². The number of unbranched alkanes of at least 4 members (excludes halogenated alkanes) is 13. The lowest BCUT2D eigenvalue weighted by atomic mass is 10.1. The van der Waals surface area contributed by atoms with Crippen molar-refractivity contribution in [2.75, 3.05) is 6.61 Å². The second-order valence-corrected chi connectivity index (χ2v) is 8.41. The van der Waals surface area contributed by atoms with E-state index in [4.69, 9.17) is 9.47 Å². The summed E-state index contributed by atoms with van der Waals surface area (Å²) in [6, 6.07) is 0. The van der Waals surface area contributed by atoms with Gasteiger partial charge in [-0.05, 0) is 33.1 Å². The molecule has 0 aromatic carbocycles. The molecule has 1 unspecified atom stereocenters. The molecule has 0 saturated carbocycles. The zero-order chi connectivity index (χ0) is 22.5. The first-order valence-corrected chi connectivity index (χ1v) is 12.3. The van der Waals surface area contributed by atoms with E-state index >= 15 is 0 Å². The molecule has 5 heteroatoms. The van der Waals surface area contributed by atoms with Crippen LogP contribution in [0.3, 0.4) is 0 Å². The van der Waals surface area contributed by atoms with Crippen molar-refractivity contribution in [2.24, 2.45) is 0 Å². The van der Waals surface area contributed by atoms with Crippen molar-refractivity contribution < 1.29 is 23.9 Å². The fourth-order valence-electron chi connectivity index (χ4n) is 3.26. The SMILES string of the molecule is CCCCCCCCCCCOC(=O)CCCCCCCCC(=O)OC(C)C(C)=O. The molecule has 0 radical (unpaired) electrons. The van der Waals surface area contributed by atoms with Gasteiger partial charge in [-0.15, -0.1) is 0 Å². The van der Waals surface area contributed by atoms with Crippen LogP contribution in [0.2, 0.25) is 0 Å². The van der Waals surface area contributed by atoms with Crippen LogP contribution in [0.25, 0.3) is 0 Å². The molecule has 0 aliphatic rings. The van der Waals surface area contributed by atoms with Gasteiger partial charge in [-0.2, -0.15) is 0 Å². The summed E-state index contributed by atoms with van der Waals surface area (Å²) in [6.07, 6.45) is 17.4. The van der Waals surface area contributed by atoms with Gasteiger partial charge in [0.1, 0.15) is 0 Å². The van der Waals surface area contributed by atoms with E-state index in [1.807, 2.05) is 0 Å². The molecule has 0 aliphatic carbocycles. The van der Waals surface area contributed by atoms with Gasteiger partial charge in [-0.3, -0.25) is 14.4 Å². The minimum atomic E-state index is -0.641. The fraction of sp³-hybridized carbons (Fsp3) is 0.880. The average Bonchev–Trinajstić information content (AvgIpc) is 2.71. The van der Waals surface area contributed by atoms with Crippen LogP contribution in [0.4, 0.5) is 0 Å². The summed E-state index contributed by atoms with van der Waals surface area (Å²) in [7, 11) is 0. The molecule has 0 rings (SSSR count). The Morgan fingerprint density at radius 1 is 0.633 bits per heavy atom. The lowest BCUT2D eigenvalue weighted by Gasteiger charge is -2.09. The summed E-state index contributed by atoms with van der Waals surface area (Å²) < 4.78 is 10.3. The second-order valence-electron chi connectivity index (χ2n) is 8.41. The topological polar surface area (TPSA) is 69.7 Å². The maximum atomic E-state index is 11.7. The van der Waals surface area contributed by atoms with Gasteiger partial charge in [-0.25, -0.2) is 0 Å². The Morgan fingerprint density at radius 3 is 1.57 bits per heavy atom. The van der Waals surface area contributed by atoms with Crippen molar-refractivity contribution in [1.29, 1.82) is 0 Å². The molecule has 0 N–H and O–H groups in total. The van der Waals surface area contributed by atoms with Crippen molar-refractivity contribution >= 4 is 17.7 Å². The van der Waals surface area contributed by atoms with Crippen LogP contribution in [-0.2, 0) is 23.9 Å². The number of carbonyl (C=O) groups is 3. The predicted octanol–water partition coefficient (Wildman–Crippen LogP) is 6.70. The Hall–Kier alpha value is -1.39. The van der Waals surface area contributed by atoms with Crippen molar-refractivity contribution in [3.05, 3.63) is 0 Å². The number of hydrogen-bond acceptors (Lipinski definition) is 5. The summed E-state index contributed by atoms with van der Waals surface area (Å²) in [5.41, 5.74) is 0. The summed E-state index contributed by atoms with van der Waals surface area (Å²) >= 11 is 0. The largest absolute Gasteiger partial charge is 0.466 e. The maximum absolute atomic E-state index is 11.7. The first-order valence-electron chi connectivity index (χ1n) is 12.3. The van der Waals surface area contributed by atoms with Crippen LogP contribution in [0.1, 0.15) is 130 Å². The highest BCUT2D eigenvalue weighted by atomic mass is 16.5. The highest BCUT2D eigenvalue weighted by molar-refractivity contribution is 5.83. The number of ketones is 1. The third-order valence-corrected chi connectivity index (χ3v) is 5.40. The quantitative estimate of drug-likeness (QED) is 0.151. The number of ether oxygens (including phenoxy) is 2. The molecule has 0 bridgehead atoms. The summed E-state index contributed by atoms with van der Waals surface area (Å²) in [6.45, 7) is 5.82. The third-order valence-electron chi connectivity index (χ3n) is 5.40. The Labute approximate surface area is 184 Å². The molecule has 0 aromatic heterocycles. The van der Waals surface area contributed by atoms with Crippen LogP contribution in [-0.4, -0.2) is 30.4 Å². The van der Waals surface area contributed by atoms with E-state index < -0.39 is 6.10 Å². The highest BCUT2D eigenvalue weighted by Gasteiger charge is 2.12. The third kappa shape index (κ3) is 19.9. The lowest BCUT2D eigenvalue weighted by Crippen LogP contribution is -2.21. The van der Waals surface area contributed by atoms with Crippen LogP contribution in [0.5, 0.6) is 0 Å². The van der Waals surface area contributed by atoms with Gasteiger partial charge in [0.2, 0.25) is 0 Å². The van der Waals surface area contributed by atoms with E-state index in [0.717, 1.165) is 51.4 Å². The van der Waals surface area contributed by atoms with E-state index in [9.17, 15) is 14.4 Å².